The Hall–Kier alpha value is -1.68. The van der Waals surface area contributed by atoms with Gasteiger partial charge in [-0.2, -0.15) is 5.10 Å². The van der Waals surface area contributed by atoms with Crippen molar-refractivity contribution in [3.63, 3.8) is 0 Å². The zero-order valence-corrected chi connectivity index (χ0v) is 10.7. The molecule has 2 N–H and O–H groups in total. The zero-order valence-electron chi connectivity index (χ0n) is 10.7. The Morgan fingerprint density at radius 2 is 1.94 bits per heavy atom. The fourth-order valence-electron chi connectivity index (χ4n) is 1.74. The minimum atomic E-state index is 0.0127. The topological polar surface area (TPSA) is 56.7 Å². The fraction of sp³-hybridized carbons (Fsp3) is 0.385. The Balaban J connectivity index is 2.43. The van der Waals surface area contributed by atoms with E-state index in [1.807, 2.05) is 36.9 Å². The summed E-state index contributed by atoms with van der Waals surface area (Å²) in [4.78, 5) is 4.41. The average molecular weight is 230 g/mol. The Morgan fingerprint density at radius 3 is 2.35 bits per heavy atom. The summed E-state index contributed by atoms with van der Waals surface area (Å²) < 4.78 is 1.87. The molecule has 2 rings (SSSR count). The Bertz CT molecular complexity index is 523. The molecule has 0 aromatic carbocycles. The Labute approximate surface area is 101 Å². The van der Waals surface area contributed by atoms with E-state index in [0.29, 0.717) is 0 Å². The first-order valence-electron chi connectivity index (χ1n) is 5.75. The summed E-state index contributed by atoms with van der Waals surface area (Å²) >= 11 is 0. The SMILES string of the molecule is Cc1nn(-c2ccc([C@@H](C)N)cn2)c(C)c1C. The summed E-state index contributed by atoms with van der Waals surface area (Å²) in [6, 6.07) is 3.97. The maximum Gasteiger partial charge on any atom is 0.153 e. The highest BCUT2D eigenvalue weighted by Crippen LogP contribution is 2.16. The van der Waals surface area contributed by atoms with Crippen LogP contribution in [0.1, 0.15) is 35.5 Å². The normalized spacial score (nSPS) is 12.8. The lowest BCUT2D eigenvalue weighted by Crippen LogP contribution is -2.07. The standard InChI is InChI=1S/C13H18N4/c1-8-10(3)16-17(11(8)4)13-6-5-12(7-15-13)9(2)14/h5-7,9H,14H2,1-4H3/t9-/m1/s1. The van der Waals surface area contributed by atoms with Crippen molar-refractivity contribution in [2.75, 3.05) is 0 Å². The maximum absolute atomic E-state index is 5.80. The molecule has 0 fully saturated rings. The van der Waals surface area contributed by atoms with Crippen molar-refractivity contribution >= 4 is 0 Å². The van der Waals surface area contributed by atoms with Gasteiger partial charge in [0.15, 0.2) is 5.82 Å². The molecule has 17 heavy (non-hydrogen) atoms. The summed E-state index contributed by atoms with van der Waals surface area (Å²) in [6.07, 6.45) is 1.81. The van der Waals surface area contributed by atoms with Crippen LogP contribution < -0.4 is 5.73 Å². The largest absolute Gasteiger partial charge is 0.324 e. The van der Waals surface area contributed by atoms with Crippen molar-refractivity contribution in [3.05, 3.63) is 40.8 Å². The molecule has 2 heterocycles. The smallest absolute Gasteiger partial charge is 0.153 e. The van der Waals surface area contributed by atoms with Crippen LogP contribution in [-0.4, -0.2) is 14.8 Å². The number of nitrogens with two attached hydrogens (primary N) is 1. The Morgan fingerprint density at radius 1 is 1.24 bits per heavy atom. The van der Waals surface area contributed by atoms with Gasteiger partial charge >= 0.3 is 0 Å². The van der Waals surface area contributed by atoms with E-state index in [2.05, 4.69) is 23.9 Å². The maximum atomic E-state index is 5.80. The number of aryl methyl sites for hydroxylation is 1. The highest BCUT2D eigenvalue weighted by atomic mass is 15.3. The van der Waals surface area contributed by atoms with Crippen molar-refractivity contribution in [1.29, 1.82) is 0 Å². The van der Waals surface area contributed by atoms with Crippen molar-refractivity contribution < 1.29 is 0 Å². The van der Waals surface area contributed by atoms with Gasteiger partial charge in [0, 0.05) is 17.9 Å². The lowest BCUT2D eigenvalue weighted by Gasteiger charge is -2.07. The quantitative estimate of drug-likeness (QED) is 0.860. The first-order valence-corrected chi connectivity index (χ1v) is 5.75. The molecule has 1 atom stereocenters. The third kappa shape index (κ3) is 2.08. The predicted octanol–water partition coefficient (Wildman–Crippen LogP) is 2.21. The van der Waals surface area contributed by atoms with E-state index in [1.165, 1.54) is 5.56 Å². The summed E-state index contributed by atoms with van der Waals surface area (Å²) in [5.74, 6) is 0.836. The van der Waals surface area contributed by atoms with Gasteiger partial charge in [0.25, 0.3) is 0 Å². The molecule has 2 aromatic heterocycles. The van der Waals surface area contributed by atoms with E-state index in [4.69, 9.17) is 5.73 Å². The van der Waals surface area contributed by atoms with Crippen LogP contribution in [0.15, 0.2) is 18.3 Å². The van der Waals surface area contributed by atoms with Crippen LogP contribution in [0.4, 0.5) is 0 Å². The molecule has 0 aliphatic rings. The first-order chi connectivity index (χ1) is 8.00. The van der Waals surface area contributed by atoms with E-state index >= 15 is 0 Å². The highest BCUT2D eigenvalue weighted by molar-refractivity contribution is 5.32. The molecule has 0 aliphatic heterocycles. The van der Waals surface area contributed by atoms with Gasteiger partial charge in [0.05, 0.1) is 5.69 Å². The van der Waals surface area contributed by atoms with E-state index in [1.54, 1.807) is 0 Å². The van der Waals surface area contributed by atoms with E-state index in [0.717, 1.165) is 22.8 Å². The molecule has 0 radical (unpaired) electrons. The minimum absolute atomic E-state index is 0.0127. The van der Waals surface area contributed by atoms with Gasteiger partial charge in [-0.15, -0.1) is 0 Å². The molecule has 0 saturated heterocycles. The molecule has 2 aromatic rings. The molecular weight excluding hydrogens is 212 g/mol. The molecule has 90 valence electrons. The van der Waals surface area contributed by atoms with Crippen LogP contribution in [-0.2, 0) is 0 Å². The van der Waals surface area contributed by atoms with Crippen LogP contribution in [0, 0.1) is 20.8 Å². The average Bonchev–Trinajstić information content (AvgIpc) is 2.57. The molecule has 0 aliphatic carbocycles. The second-order valence-electron chi connectivity index (χ2n) is 4.45. The van der Waals surface area contributed by atoms with Crippen molar-refractivity contribution in [2.24, 2.45) is 5.73 Å². The summed E-state index contributed by atoms with van der Waals surface area (Å²) in [7, 11) is 0. The van der Waals surface area contributed by atoms with Gasteiger partial charge in [-0.3, -0.25) is 0 Å². The van der Waals surface area contributed by atoms with Crippen LogP contribution in [0.25, 0.3) is 5.82 Å². The van der Waals surface area contributed by atoms with Gasteiger partial charge in [-0.05, 0) is 44.9 Å². The highest BCUT2D eigenvalue weighted by Gasteiger charge is 2.10. The van der Waals surface area contributed by atoms with E-state index in [9.17, 15) is 0 Å². The molecule has 0 unspecified atom stereocenters. The first kappa shape index (κ1) is 11.8. The van der Waals surface area contributed by atoms with Gasteiger partial charge in [0.1, 0.15) is 0 Å². The van der Waals surface area contributed by atoms with Gasteiger partial charge in [-0.1, -0.05) is 6.07 Å². The van der Waals surface area contributed by atoms with E-state index in [-0.39, 0.29) is 6.04 Å². The van der Waals surface area contributed by atoms with Crippen LogP contribution in [0.2, 0.25) is 0 Å². The molecule has 4 heteroatoms. The molecule has 0 amide bonds. The molecular formula is C13H18N4. The Kier molecular flexibility index (Phi) is 2.98. The van der Waals surface area contributed by atoms with Gasteiger partial charge < -0.3 is 5.73 Å². The van der Waals surface area contributed by atoms with Crippen molar-refractivity contribution in [1.82, 2.24) is 14.8 Å². The fourth-order valence-corrected chi connectivity index (χ4v) is 1.74. The van der Waals surface area contributed by atoms with E-state index < -0.39 is 0 Å². The number of aromatic nitrogens is 3. The number of nitrogens with zero attached hydrogens (tertiary/aromatic N) is 3. The summed E-state index contributed by atoms with van der Waals surface area (Å²) in [5.41, 5.74) is 10.2. The molecule has 0 spiro atoms. The van der Waals surface area contributed by atoms with Crippen LogP contribution in [0.5, 0.6) is 0 Å². The zero-order chi connectivity index (χ0) is 12.6. The number of pyridine rings is 1. The number of hydrogen-bond acceptors (Lipinski definition) is 3. The van der Waals surface area contributed by atoms with Crippen molar-refractivity contribution in [3.8, 4) is 5.82 Å². The third-order valence-corrected chi connectivity index (χ3v) is 3.17. The predicted molar refractivity (Wildman–Crippen MR) is 68.2 cm³/mol. The molecule has 0 bridgehead atoms. The number of rotatable bonds is 2. The van der Waals surface area contributed by atoms with Crippen LogP contribution >= 0.6 is 0 Å². The second kappa shape index (κ2) is 4.30. The lowest BCUT2D eigenvalue weighted by molar-refractivity contribution is 0.783. The second-order valence-corrected chi connectivity index (χ2v) is 4.45. The third-order valence-electron chi connectivity index (χ3n) is 3.17. The monoisotopic (exact) mass is 230 g/mol. The lowest BCUT2D eigenvalue weighted by atomic mass is 10.1. The van der Waals surface area contributed by atoms with Crippen molar-refractivity contribution in [2.45, 2.75) is 33.7 Å². The summed E-state index contributed by atoms with van der Waals surface area (Å²) in [5, 5.41) is 4.48. The molecule has 0 saturated carbocycles. The van der Waals surface area contributed by atoms with Gasteiger partial charge in [-0.25, -0.2) is 9.67 Å². The molecule has 4 nitrogen and oxygen atoms in total. The number of hydrogen-bond donors (Lipinski definition) is 1. The summed E-state index contributed by atoms with van der Waals surface area (Å²) in [6.45, 7) is 8.08. The van der Waals surface area contributed by atoms with Crippen LogP contribution in [0.3, 0.4) is 0 Å². The van der Waals surface area contributed by atoms with Gasteiger partial charge in [0.2, 0.25) is 0 Å². The minimum Gasteiger partial charge on any atom is -0.324 e.